The van der Waals surface area contributed by atoms with E-state index in [1.54, 1.807) is 0 Å². The Morgan fingerprint density at radius 2 is 1.42 bits per heavy atom. The highest BCUT2D eigenvalue weighted by molar-refractivity contribution is 5.87. The number of nitrogens with one attached hydrogen (secondary N) is 3. The molecule has 2 aromatic heterocycles. The highest BCUT2D eigenvalue weighted by Gasteiger charge is 2.24. The van der Waals surface area contributed by atoms with Gasteiger partial charge in [0.1, 0.15) is 13.2 Å². The Bertz CT molecular complexity index is 1640. The summed E-state index contributed by atoms with van der Waals surface area (Å²) in [6.07, 6.45) is 5.01. The maximum atomic E-state index is 11.6. The fraction of sp³-hybridized carbons (Fsp3) is 0.455. The third-order valence-corrected chi connectivity index (χ3v) is 8.49. The van der Waals surface area contributed by atoms with Gasteiger partial charge < -0.3 is 39.5 Å². The molecular weight excluding hydrogens is 544 g/mol. The lowest BCUT2D eigenvalue weighted by Gasteiger charge is -2.12. The number of alkyl carbamates (subject to hydrolysis) is 2. The minimum Gasteiger partial charge on any atom is -0.447 e. The number of nitrogens with zero attached hydrogens (tertiary/aromatic N) is 3. The smallest absolute Gasteiger partial charge is 0.407 e. The standard InChI is InChI=1S/C33H42N6O4/c1-37(2)11-9-23-17-39(31-8-6-22(15-27(23)31)14-25-20-43-33(41)35-25)18-30-26(10-12-38(3)4)28-16-21(5-7-29(28)36-30)13-24-19-42-32(40)34-24/h5-8,15-17,24-25,36H,9-14,18-20H2,1-4H3,(H,34,40)(H,35,41)/t24-,25-/m0/s1. The summed E-state index contributed by atoms with van der Waals surface area (Å²) in [5, 5.41) is 8.31. The summed E-state index contributed by atoms with van der Waals surface area (Å²) in [6, 6.07) is 13.3. The summed E-state index contributed by atoms with van der Waals surface area (Å²) < 4.78 is 12.6. The number of aromatic nitrogens is 2. The van der Waals surface area contributed by atoms with Crippen LogP contribution in [0.25, 0.3) is 21.8 Å². The van der Waals surface area contributed by atoms with Crippen molar-refractivity contribution in [2.24, 2.45) is 0 Å². The maximum Gasteiger partial charge on any atom is 0.407 e. The van der Waals surface area contributed by atoms with Crippen LogP contribution >= 0.6 is 0 Å². The maximum absolute atomic E-state index is 11.6. The van der Waals surface area contributed by atoms with Gasteiger partial charge in [-0.1, -0.05) is 12.1 Å². The van der Waals surface area contributed by atoms with Crippen LogP contribution in [0.5, 0.6) is 0 Å². The van der Waals surface area contributed by atoms with Crippen molar-refractivity contribution in [3.8, 4) is 0 Å². The fourth-order valence-electron chi connectivity index (χ4n) is 6.26. The van der Waals surface area contributed by atoms with Gasteiger partial charge in [-0.25, -0.2) is 9.59 Å². The normalized spacial score (nSPS) is 18.6. The van der Waals surface area contributed by atoms with Crippen molar-refractivity contribution >= 4 is 34.0 Å². The van der Waals surface area contributed by atoms with Gasteiger partial charge in [0.05, 0.1) is 18.6 Å². The van der Waals surface area contributed by atoms with Crippen LogP contribution in [0.3, 0.4) is 0 Å². The van der Waals surface area contributed by atoms with Crippen LogP contribution in [-0.2, 0) is 41.7 Å². The molecule has 0 bridgehead atoms. The number of hydrogen-bond acceptors (Lipinski definition) is 6. The molecule has 0 radical (unpaired) electrons. The van der Waals surface area contributed by atoms with E-state index in [1.807, 2.05) is 0 Å². The van der Waals surface area contributed by atoms with Gasteiger partial charge in [-0.2, -0.15) is 0 Å². The first-order chi connectivity index (χ1) is 20.7. The average molecular weight is 587 g/mol. The van der Waals surface area contributed by atoms with E-state index >= 15 is 0 Å². The first-order valence-electron chi connectivity index (χ1n) is 15.1. The number of carbonyl (C=O) groups is 2. The van der Waals surface area contributed by atoms with Crippen molar-refractivity contribution in [3.63, 3.8) is 0 Å². The van der Waals surface area contributed by atoms with E-state index in [2.05, 4.69) is 101 Å². The predicted octanol–water partition coefficient (Wildman–Crippen LogP) is 3.68. The number of ether oxygens (including phenoxy) is 2. The lowest BCUT2D eigenvalue weighted by Crippen LogP contribution is -2.28. The number of H-pyrrole nitrogens is 1. The molecule has 2 amide bonds. The van der Waals surface area contributed by atoms with Crippen LogP contribution in [0.15, 0.2) is 42.6 Å². The molecule has 6 rings (SSSR count). The van der Waals surface area contributed by atoms with Gasteiger partial charge in [0.25, 0.3) is 0 Å². The summed E-state index contributed by atoms with van der Waals surface area (Å²) in [4.78, 5) is 31.3. The number of benzene rings is 2. The minimum atomic E-state index is -0.336. The molecule has 10 heteroatoms. The Hall–Kier alpha value is -4.02. The van der Waals surface area contributed by atoms with E-state index in [4.69, 9.17) is 9.47 Å². The number of amides is 2. The van der Waals surface area contributed by atoms with Crippen LogP contribution in [0.4, 0.5) is 9.59 Å². The summed E-state index contributed by atoms with van der Waals surface area (Å²) in [5.74, 6) is 0. The van der Waals surface area contributed by atoms with Crippen molar-refractivity contribution in [1.82, 2.24) is 30.0 Å². The summed E-state index contributed by atoms with van der Waals surface area (Å²) in [5.41, 5.74) is 8.60. The number of hydrogen-bond donors (Lipinski definition) is 3. The molecule has 4 heterocycles. The van der Waals surface area contributed by atoms with Crippen LogP contribution in [0.2, 0.25) is 0 Å². The van der Waals surface area contributed by atoms with Crippen LogP contribution in [0, 0.1) is 0 Å². The van der Waals surface area contributed by atoms with Gasteiger partial charge in [-0.3, -0.25) is 0 Å². The molecule has 0 spiro atoms. The van der Waals surface area contributed by atoms with Gasteiger partial charge in [0.2, 0.25) is 0 Å². The highest BCUT2D eigenvalue weighted by Crippen LogP contribution is 2.30. The molecule has 228 valence electrons. The number of fused-ring (bicyclic) bond motifs is 2. The molecule has 0 unspecified atom stereocenters. The van der Waals surface area contributed by atoms with Crippen molar-refractivity contribution in [2.45, 2.75) is 44.3 Å². The fourth-order valence-corrected chi connectivity index (χ4v) is 6.26. The van der Waals surface area contributed by atoms with Gasteiger partial charge >= 0.3 is 12.2 Å². The first kappa shape index (κ1) is 29.1. The topological polar surface area (TPSA) is 104 Å². The van der Waals surface area contributed by atoms with E-state index in [0.717, 1.165) is 50.8 Å². The Labute approximate surface area is 252 Å². The van der Waals surface area contributed by atoms with Crippen molar-refractivity contribution in [3.05, 3.63) is 70.5 Å². The van der Waals surface area contributed by atoms with E-state index in [9.17, 15) is 9.59 Å². The molecule has 2 aromatic carbocycles. The molecule has 0 saturated carbocycles. The number of carbonyl (C=O) groups excluding carboxylic acids is 2. The summed E-state index contributed by atoms with van der Waals surface area (Å²) in [6.45, 7) is 3.47. The quantitative estimate of drug-likeness (QED) is 0.234. The largest absolute Gasteiger partial charge is 0.447 e. The van der Waals surface area contributed by atoms with Crippen molar-refractivity contribution in [2.75, 3.05) is 54.5 Å². The number of rotatable bonds is 12. The highest BCUT2D eigenvalue weighted by atomic mass is 16.6. The van der Waals surface area contributed by atoms with Gasteiger partial charge in [-0.05, 0) is 100 Å². The second kappa shape index (κ2) is 12.3. The number of likely N-dealkylation sites (N-methyl/N-ethyl adjacent to an activating group) is 2. The molecule has 3 N–H and O–H groups in total. The first-order valence-corrected chi connectivity index (χ1v) is 15.1. The zero-order chi connectivity index (χ0) is 30.1. The molecule has 2 aliphatic heterocycles. The average Bonchev–Trinajstić information content (AvgIpc) is 3.73. The second-order valence-corrected chi connectivity index (χ2v) is 12.5. The Morgan fingerprint density at radius 1 is 0.814 bits per heavy atom. The SMILES string of the molecule is CN(C)CCc1c(Cn2cc(CCN(C)C)c3cc(C[C@H]4COC(=O)N4)ccc32)[nH]c2ccc(C[C@H]3COC(=O)N3)cc12. The molecule has 4 aromatic rings. The molecule has 2 aliphatic rings. The molecule has 2 atom stereocenters. The monoisotopic (exact) mass is 586 g/mol. The van der Waals surface area contributed by atoms with Crippen LogP contribution < -0.4 is 10.6 Å². The van der Waals surface area contributed by atoms with Crippen molar-refractivity contribution in [1.29, 1.82) is 0 Å². The van der Waals surface area contributed by atoms with Crippen molar-refractivity contribution < 1.29 is 19.1 Å². The third-order valence-electron chi connectivity index (χ3n) is 8.49. The molecule has 43 heavy (non-hydrogen) atoms. The van der Waals surface area contributed by atoms with E-state index < -0.39 is 0 Å². The van der Waals surface area contributed by atoms with Crippen LogP contribution in [-0.4, -0.2) is 98.1 Å². The minimum absolute atomic E-state index is 0.00256. The lowest BCUT2D eigenvalue weighted by atomic mass is 10.0. The second-order valence-electron chi connectivity index (χ2n) is 12.5. The zero-order valence-electron chi connectivity index (χ0n) is 25.5. The predicted molar refractivity (Wildman–Crippen MR) is 168 cm³/mol. The molecule has 2 fully saturated rings. The Kier molecular flexibility index (Phi) is 8.32. The Morgan fingerprint density at radius 3 is 2.02 bits per heavy atom. The molecule has 10 nitrogen and oxygen atoms in total. The van der Waals surface area contributed by atoms with Gasteiger partial charge in [0.15, 0.2) is 0 Å². The third kappa shape index (κ3) is 6.65. The van der Waals surface area contributed by atoms with Crippen LogP contribution in [0.1, 0.15) is 27.9 Å². The summed E-state index contributed by atoms with van der Waals surface area (Å²) in [7, 11) is 8.44. The lowest BCUT2D eigenvalue weighted by molar-refractivity contribution is 0.176. The summed E-state index contributed by atoms with van der Waals surface area (Å²) >= 11 is 0. The zero-order valence-corrected chi connectivity index (χ0v) is 25.5. The van der Waals surface area contributed by atoms with Gasteiger partial charge in [-0.15, -0.1) is 0 Å². The molecular formula is C33H42N6O4. The van der Waals surface area contributed by atoms with E-state index in [1.165, 1.54) is 44.2 Å². The van der Waals surface area contributed by atoms with E-state index in [-0.39, 0.29) is 24.3 Å². The molecule has 2 saturated heterocycles. The number of aromatic amines is 1. The Balaban J connectivity index is 1.33. The van der Waals surface area contributed by atoms with E-state index in [0.29, 0.717) is 13.2 Å². The number of cyclic esters (lactones) is 2. The van der Waals surface area contributed by atoms with Gasteiger partial charge in [0, 0.05) is 46.8 Å². The molecule has 0 aliphatic carbocycles.